The fourth-order valence-electron chi connectivity index (χ4n) is 5.11. The highest BCUT2D eigenvalue weighted by molar-refractivity contribution is 6.01. The summed E-state index contributed by atoms with van der Waals surface area (Å²) in [7, 11) is 2.00. The van der Waals surface area contributed by atoms with E-state index in [0.717, 1.165) is 24.7 Å². The Balaban J connectivity index is 1.59. The summed E-state index contributed by atoms with van der Waals surface area (Å²) in [6.07, 6.45) is 16.2. The fraction of sp³-hybridized carbons (Fsp3) is 0.552. The third-order valence-electron chi connectivity index (χ3n) is 7.03. The first-order valence-electron chi connectivity index (χ1n) is 12.3. The van der Waals surface area contributed by atoms with Gasteiger partial charge >= 0.3 is 0 Å². The van der Waals surface area contributed by atoms with Crippen LogP contribution in [0.15, 0.2) is 63.8 Å². The molecule has 1 saturated carbocycles. The SMILES string of the molecule is CNc1cccc(CCC2CCCC(CC(N=C(C)C3=CCCC(C)=C3)=C(C)C)C2)c1. The van der Waals surface area contributed by atoms with Crippen LogP contribution in [0.25, 0.3) is 0 Å². The van der Waals surface area contributed by atoms with Gasteiger partial charge in [0.15, 0.2) is 0 Å². The molecule has 31 heavy (non-hydrogen) atoms. The van der Waals surface area contributed by atoms with Gasteiger partial charge in [-0.1, -0.05) is 54.7 Å². The normalized spacial score (nSPS) is 21.9. The number of benzene rings is 1. The van der Waals surface area contributed by atoms with Crippen LogP contribution in [0.5, 0.6) is 0 Å². The largest absolute Gasteiger partial charge is 0.388 e. The van der Waals surface area contributed by atoms with E-state index in [1.54, 1.807) is 0 Å². The first-order valence-corrected chi connectivity index (χ1v) is 12.3. The van der Waals surface area contributed by atoms with Crippen molar-refractivity contribution < 1.29 is 0 Å². The average molecular weight is 419 g/mol. The maximum atomic E-state index is 5.14. The number of hydrogen-bond acceptors (Lipinski definition) is 2. The van der Waals surface area contributed by atoms with Crippen molar-refractivity contribution in [2.75, 3.05) is 12.4 Å². The first kappa shape index (κ1) is 23.6. The second kappa shape index (κ2) is 11.5. The molecule has 2 aliphatic rings. The topological polar surface area (TPSA) is 24.4 Å². The van der Waals surface area contributed by atoms with E-state index in [-0.39, 0.29) is 0 Å². The number of aliphatic imine (C=N–C) groups is 1. The molecule has 0 saturated heterocycles. The van der Waals surface area contributed by atoms with Crippen molar-refractivity contribution >= 4 is 11.4 Å². The second-order valence-corrected chi connectivity index (χ2v) is 9.92. The minimum Gasteiger partial charge on any atom is -0.388 e. The summed E-state index contributed by atoms with van der Waals surface area (Å²) in [5.41, 5.74) is 9.37. The van der Waals surface area contributed by atoms with Crippen LogP contribution < -0.4 is 5.32 Å². The molecule has 0 radical (unpaired) electrons. The predicted octanol–water partition coefficient (Wildman–Crippen LogP) is 8.28. The van der Waals surface area contributed by atoms with Crippen molar-refractivity contribution in [3.8, 4) is 0 Å². The van der Waals surface area contributed by atoms with Gasteiger partial charge in [0.1, 0.15) is 0 Å². The lowest BCUT2D eigenvalue weighted by Gasteiger charge is -2.30. The van der Waals surface area contributed by atoms with Crippen molar-refractivity contribution in [2.45, 2.75) is 85.5 Å². The summed E-state index contributed by atoms with van der Waals surface area (Å²) < 4.78 is 0. The maximum Gasteiger partial charge on any atom is 0.0444 e. The minimum atomic E-state index is 0.779. The average Bonchev–Trinajstić information content (AvgIpc) is 2.77. The number of nitrogens with zero attached hydrogens (tertiary/aromatic N) is 1. The molecule has 1 N–H and O–H groups in total. The highest BCUT2D eigenvalue weighted by Gasteiger charge is 2.23. The van der Waals surface area contributed by atoms with Gasteiger partial charge in [0.2, 0.25) is 0 Å². The van der Waals surface area contributed by atoms with Crippen molar-refractivity contribution in [2.24, 2.45) is 16.8 Å². The zero-order valence-corrected chi connectivity index (χ0v) is 20.4. The van der Waals surface area contributed by atoms with E-state index < -0.39 is 0 Å². The lowest BCUT2D eigenvalue weighted by molar-refractivity contribution is 0.253. The van der Waals surface area contributed by atoms with Gasteiger partial charge < -0.3 is 5.32 Å². The third-order valence-corrected chi connectivity index (χ3v) is 7.03. The van der Waals surface area contributed by atoms with E-state index in [0.29, 0.717) is 0 Å². The van der Waals surface area contributed by atoms with E-state index in [1.165, 1.54) is 84.3 Å². The van der Waals surface area contributed by atoms with E-state index in [4.69, 9.17) is 4.99 Å². The summed E-state index contributed by atoms with van der Waals surface area (Å²) >= 11 is 0. The highest BCUT2D eigenvalue weighted by Crippen LogP contribution is 2.36. The van der Waals surface area contributed by atoms with Gasteiger partial charge in [-0.15, -0.1) is 0 Å². The molecule has 0 bridgehead atoms. The predicted molar refractivity (Wildman–Crippen MR) is 137 cm³/mol. The Hall–Kier alpha value is -2.09. The van der Waals surface area contributed by atoms with Gasteiger partial charge in [0.05, 0.1) is 0 Å². The molecule has 0 aromatic heterocycles. The van der Waals surface area contributed by atoms with Crippen LogP contribution in [-0.4, -0.2) is 12.8 Å². The first-order chi connectivity index (χ1) is 14.9. The summed E-state index contributed by atoms with van der Waals surface area (Å²) in [5.74, 6) is 1.63. The van der Waals surface area contributed by atoms with Gasteiger partial charge in [-0.25, -0.2) is 0 Å². The van der Waals surface area contributed by atoms with Gasteiger partial charge in [-0.2, -0.15) is 0 Å². The second-order valence-electron chi connectivity index (χ2n) is 9.92. The molecule has 0 heterocycles. The lowest BCUT2D eigenvalue weighted by Crippen LogP contribution is -2.17. The van der Waals surface area contributed by atoms with E-state index in [2.05, 4.69) is 69.4 Å². The van der Waals surface area contributed by atoms with Gasteiger partial charge in [0, 0.05) is 24.1 Å². The van der Waals surface area contributed by atoms with E-state index >= 15 is 0 Å². The van der Waals surface area contributed by atoms with Crippen LogP contribution in [0, 0.1) is 11.8 Å². The molecule has 168 valence electrons. The van der Waals surface area contributed by atoms with Crippen LogP contribution in [0.3, 0.4) is 0 Å². The molecule has 2 atom stereocenters. The van der Waals surface area contributed by atoms with Crippen LogP contribution in [-0.2, 0) is 6.42 Å². The van der Waals surface area contributed by atoms with Crippen molar-refractivity contribution in [3.63, 3.8) is 0 Å². The molecular weight excluding hydrogens is 376 g/mol. The van der Waals surface area contributed by atoms with Crippen LogP contribution in [0.4, 0.5) is 5.69 Å². The van der Waals surface area contributed by atoms with E-state index in [9.17, 15) is 0 Å². The molecule has 0 amide bonds. The Bertz CT molecular complexity index is 864. The lowest BCUT2D eigenvalue weighted by atomic mass is 9.77. The number of hydrogen-bond donors (Lipinski definition) is 1. The third kappa shape index (κ3) is 7.23. The molecule has 0 aliphatic heterocycles. The van der Waals surface area contributed by atoms with Crippen LogP contribution >= 0.6 is 0 Å². The number of aryl methyl sites for hydroxylation is 1. The molecule has 1 fully saturated rings. The fourth-order valence-corrected chi connectivity index (χ4v) is 5.11. The smallest absolute Gasteiger partial charge is 0.0444 e. The van der Waals surface area contributed by atoms with Gasteiger partial charge in [-0.3, -0.25) is 4.99 Å². The minimum absolute atomic E-state index is 0.779. The maximum absolute atomic E-state index is 5.14. The molecule has 2 unspecified atom stereocenters. The summed E-state index contributed by atoms with van der Waals surface area (Å²) in [6.45, 7) is 8.89. The monoisotopic (exact) mass is 418 g/mol. The van der Waals surface area contributed by atoms with Crippen molar-refractivity contribution in [1.29, 1.82) is 0 Å². The Morgan fingerprint density at radius 2 is 1.94 bits per heavy atom. The summed E-state index contributed by atoms with van der Waals surface area (Å²) in [5, 5.41) is 3.26. The Morgan fingerprint density at radius 3 is 2.68 bits per heavy atom. The molecule has 1 aromatic carbocycles. The highest BCUT2D eigenvalue weighted by atomic mass is 14.8. The number of anilines is 1. The Morgan fingerprint density at radius 1 is 1.13 bits per heavy atom. The molecular formula is C29H42N2. The zero-order chi connectivity index (χ0) is 22.2. The van der Waals surface area contributed by atoms with Crippen LogP contribution in [0.2, 0.25) is 0 Å². The number of rotatable bonds is 8. The molecule has 2 aliphatic carbocycles. The molecule has 0 spiro atoms. The Labute approximate surface area is 190 Å². The molecule has 2 nitrogen and oxygen atoms in total. The standard InChI is InChI=1S/C29H42N2/c1-21(2)29(31-23(4)27-13-6-9-22(3)17-27)20-26-12-7-10-24(18-26)15-16-25-11-8-14-28(19-25)30-5/h8,11,13-14,17,19,24,26,30H,6-7,9-10,12,15-16,18,20H2,1-5H3. The van der Waals surface area contributed by atoms with Crippen molar-refractivity contribution in [1.82, 2.24) is 0 Å². The quantitative estimate of drug-likeness (QED) is 0.422. The number of nitrogens with one attached hydrogen (secondary N) is 1. The van der Waals surface area contributed by atoms with Crippen LogP contribution in [0.1, 0.15) is 84.6 Å². The summed E-state index contributed by atoms with van der Waals surface area (Å²) in [6, 6.07) is 8.89. The van der Waals surface area contributed by atoms with Gasteiger partial charge in [-0.05, 0) is 101 Å². The molecule has 1 aromatic rings. The zero-order valence-electron chi connectivity index (χ0n) is 20.4. The van der Waals surface area contributed by atoms with E-state index in [1.807, 2.05) is 7.05 Å². The summed E-state index contributed by atoms with van der Waals surface area (Å²) in [4.78, 5) is 5.14. The molecule has 3 rings (SSSR count). The Kier molecular flexibility index (Phi) is 8.75. The van der Waals surface area contributed by atoms with Gasteiger partial charge in [0.25, 0.3) is 0 Å². The number of allylic oxidation sites excluding steroid dienone is 6. The molecule has 2 heteroatoms. The van der Waals surface area contributed by atoms with Crippen molar-refractivity contribution in [3.05, 3.63) is 64.4 Å².